The molecule has 4 aliphatic heterocycles. The molecule has 0 spiro atoms. The van der Waals surface area contributed by atoms with E-state index < -0.39 is 0 Å². The summed E-state index contributed by atoms with van der Waals surface area (Å²) in [5.41, 5.74) is 2.01. The zero-order chi connectivity index (χ0) is 14.7. The minimum Gasteiger partial charge on any atom is -0.345 e. The fourth-order valence-electron chi connectivity index (χ4n) is 4.70. The Morgan fingerprint density at radius 3 is 2.57 bits per heavy atom. The lowest BCUT2D eigenvalue weighted by Crippen LogP contribution is -2.58. The first-order valence-electron chi connectivity index (χ1n) is 8.42. The van der Waals surface area contributed by atoms with Crippen molar-refractivity contribution >= 4 is 29.2 Å². The molecule has 0 aliphatic carbocycles. The fourth-order valence-corrected chi connectivity index (χ4v) is 4.70. The van der Waals surface area contributed by atoms with Crippen molar-refractivity contribution in [2.75, 3.05) is 26.2 Å². The Morgan fingerprint density at radius 1 is 1.00 bits per heavy atom. The number of benzene rings is 1. The first-order valence-corrected chi connectivity index (χ1v) is 8.42. The van der Waals surface area contributed by atoms with Crippen molar-refractivity contribution < 1.29 is 4.79 Å². The number of nitrogens with zero attached hydrogens (tertiary/aromatic N) is 3. The van der Waals surface area contributed by atoms with Crippen molar-refractivity contribution in [1.29, 1.82) is 0 Å². The van der Waals surface area contributed by atoms with E-state index in [4.69, 9.17) is 0 Å². The monoisotopic (exact) mass is 331 g/mol. The van der Waals surface area contributed by atoms with Crippen LogP contribution in [0.3, 0.4) is 0 Å². The van der Waals surface area contributed by atoms with Crippen molar-refractivity contribution in [3.8, 4) is 0 Å². The molecule has 1 amide bonds. The highest BCUT2D eigenvalue weighted by Gasteiger charge is 2.40. The summed E-state index contributed by atoms with van der Waals surface area (Å²) in [5.74, 6) is 0.937. The molecule has 0 unspecified atom stereocenters. The lowest BCUT2D eigenvalue weighted by molar-refractivity contribution is 0.00727. The van der Waals surface area contributed by atoms with Gasteiger partial charge >= 0.3 is 0 Å². The van der Waals surface area contributed by atoms with Crippen molar-refractivity contribution in [3.63, 3.8) is 0 Å². The van der Waals surface area contributed by atoms with Gasteiger partial charge in [0.1, 0.15) is 0 Å². The average Bonchev–Trinajstić information content (AvgIpc) is 2.93. The standard InChI is InChI=1S/C18H21N3O.ClH/c22-18-15-3-1-2-14-6-9-20(17(14)15)10-11-21(18)16-12-19-7-4-13(16)5-8-19;/h1-3,6,9,13,16H,4-5,7-8,10-12H2;1H/t16-;/m0./s1. The first kappa shape index (κ1) is 15.0. The Morgan fingerprint density at radius 2 is 1.83 bits per heavy atom. The lowest BCUT2D eigenvalue weighted by Gasteiger charge is -2.48. The predicted molar refractivity (Wildman–Crippen MR) is 93.2 cm³/mol. The maximum absolute atomic E-state index is 13.2. The molecule has 6 rings (SSSR count). The minimum absolute atomic E-state index is 0. The Balaban J connectivity index is 0.00000135. The third-order valence-corrected chi connectivity index (χ3v) is 5.88. The van der Waals surface area contributed by atoms with E-state index in [2.05, 4.69) is 32.7 Å². The van der Waals surface area contributed by atoms with E-state index in [1.807, 2.05) is 12.1 Å². The van der Waals surface area contributed by atoms with Crippen LogP contribution in [0, 0.1) is 5.92 Å². The largest absolute Gasteiger partial charge is 0.345 e. The number of hydrogen-bond donors (Lipinski definition) is 0. The number of rotatable bonds is 1. The van der Waals surface area contributed by atoms with Crippen LogP contribution in [0.2, 0.25) is 0 Å². The van der Waals surface area contributed by atoms with Crippen molar-refractivity contribution in [3.05, 3.63) is 36.0 Å². The molecule has 4 aliphatic rings. The van der Waals surface area contributed by atoms with Gasteiger partial charge in [0.15, 0.2) is 0 Å². The van der Waals surface area contributed by atoms with Gasteiger partial charge in [-0.15, -0.1) is 12.4 Å². The Bertz CT molecular complexity index is 748. The van der Waals surface area contributed by atoms with Crippen LogP contribution in [0.25, 0.3) is 10.9 Å². The summed E-state index contributed by atoms with van der Waals surface area (Å²) in [6.07, 6.45) is 4.64. The van der Waals surface area contributed by atoms with Gasteiger partial charge in [-0.1, -0.05) is 12.1 Å². The molecule has 0 saturated carbocycles. The van der Waals surface area contributed by atoms with Gasteiger partial charge in [0.25, 0.3) is 5.91 Å². The normalized spacial score (nSPS) is 29.5. The molecule has 2 bridgehead atoms. The van der Waals surface area contributed by atoms with Gasteiger partial charge in [-0.25, -0.2) is 0 Å². The molecule has 0 radical (unpaired) electrons. The van der Waals surface area contributed by atoms with E-state index in [1.54, 1.807) is 0 Å². The number of halogens is 1. The smallest absolute Gasteiger partial charge is 0.256 e. The summed E-state index contributed by atoms with van der Waals surface area (Å²) in [4.78, 5) is 17.9. The van der Waals surface area contributed by atoms with Gasteiger partial charge in [-0.3, -0.25) is 4.79 Å². The fraction of sp³-hybridized carbons (Fsp3) is 0.500. The Labute approximate surface area is 142 Å². The molecular weight excluding hydrogens is 310 g/mol. The van der Waals surface area contributed by atoms with Crippen LogP contribution in [0.15, 0.2) is 30.5 Å². The summed E-state index contributed by atoms with van der Waals surface area (Å²) in [5, 5.41) is 1.18. The van der Waals surface area contributed by atoms with E-state index in [0.717, 1.165) is 30.7 Å². The molecule has 1 aromatic carbocycles. The molecule has 1 atom stereocenters. The summed E-state index contributed by atoms with van der Waals surface area (Å²) in [6.45, 7) is 5.26. The minimum atomic E-state index is 0. The van der Waals surface area contributed by atoms with Crippen LogP contribution in [-0.4, -0.2) is 52.5 Å². The van der Waals surface area contributed by atoms with E-state index in [0.29, 0.717) is 12.0 Å². The number of hydrogen-bond acceptors (Lipinski definition) is 2. The second-order valence-electron chi connectivity index (χ2n) is 6.96. The van der Waals surface area contributed by atoms with Crippen molar-refractivity contribution in [2.24, 2.45) is 5.92 Å². The number of aromatic nitrogens is 1. The van der Waals surface area contributed by atoms with Crippen LogP contribution >= 0.6 is 12.4 Å². The molecule has 122 valence electrons. The first-order chi connectivity index (χ1) is 10.8. The molecule has 1 aromatic heterocycles. The second-order valence-corrected chi connectivity index (χ2v) is 6.96. The molecule has 2 aromatic rings. The van der Waals surface area contributed by atoms with Crippen molar-refractivity contribution in [2.45, 2.75) is 25.4 Å². The van der Waals surface area contributed by atoms with Gasteiger partial charge in [0.2, 0.25) is 0 Å². The second kappa shape index (κ2) is 5.53. The summed E-state index contributed by atoms with van der Waals surface area (Å²) in [7, 11) is 0. The molecule has 5 heteroatoms. The molecule has 5 heterocycles. The highest BCUT2D eigenvalue weighted by atomic mass is 35.5. The van der Waals surface area contributed by atoms with Gasteiger partial charge in [0, 0.05) is 37.3 Å². The van der Waals surface area contributed by atoms with Crippen LogP contribution in [0.1, 0.15) is 23.2 Å². The highest BCUT2D eigenvalue weighted by Crippen LogP contribution is 2.33. The Kier molecular flexibility index (Phi) is 3.62. The summed E-state index contributed by atoms with van der Waals surface area (Å²) in [6, 6.07) is 8.65. The third-order valence-electron chi connectivity index (χ3n) is 5.88. The Hall–Kier alpha value is -1.52. The summed E-state index contributed by atoms with van der Waals surface area (Å²) < 4.78 is 2.25. The molecule has 23 heavy (non-hydrogen) atoms. The van der Waals surface area contributed by atoms with E-state index >= 15 is 0 Å². The molecule has 0 N–H and O–H groups in total. The van der Waals surface area contributed by atoms with E-state index in [1.165, 1.54) is 31.3 Å². The van der Waals surface area contributed by atoms with E-state index in [9.17, 15) is 4.79 Å². The number of carbonyl (C=O) groups excluding carboxylic acids is 1. The maximum Gasteiger partial charge on any atom is 0.256 e. The van der Waals surface area contributed by atoms with Gasteiger partial charge in [-0.2, -0.15) is 0 Å². The van der Waals surface area contributed by atoms with Crippen LogP contribution < -0.4 is 0 Å². The maximum atomic E-state index is 13.2. The number of piperidine rings is 3. The number of fused-ring (bicyclic) bond motifs is 3. The predicted octanol–water partition coefficient (Wildman–Crippen LogP) is 2.61. The van der Waals surface area contributed by atoms with Gasteiger partial charge in [-0.05, 0) is 44.0 Å². The third kappa shape index (κ3) is 2.19. The topological polar surface area (TPSA) is 28.5 Å². The number of para-hydroxylation sites is 1. The highest BCUT2D eigenvalue weighted by molar-refractivity contribution is 6.06. The molecule has 3 fully saturated rings. The molecule has 3 saturated heterocycles. The van der Waals surface area contributed by atoms with Crippen molar-refractivity contribution in [1.82, 2.24) is 14.4 Å². The lowest BCUT2D eigenvalue weighted by atomic mass is 9.83. The molecule has 4 nitrogen and oxygen atoms in total. The SMILES string of the molecule is Cl.O=C1c2cccc3ccn(c23)CCN1[C@H]1CN2CCC1CC2. The molecular formula is C18H22ClN3O. The van der Waals surface area contributed by atoms with E-state index in [-0.39, 0.29) is 18.3 Å². The number of amides is 1. The van der Waals surface area contributed by atoms with Crippen LogP contribution in [-0.2, 0) is 6.54 Å². The zero-order valence-corrected chi connectivity index (χ0v) is 14.0. The quantitative estimate of drug-likeness (QED) is 0.803. The summed E-state index contributed by atoms with van der Waals surface area (Å²) >= 11 is 0. The van der Waals surface area contributed by atoms with Crippen LogP contribution in [0.4, 0.5) is 0 Å². The van der Waals surface area contributed by atoms with Crippen LogP contribution in [0.5, 0.6) is 0 Å². The number of carbonyl (C=O) groups is 1. The average molecular weight is 332 g/mol. The van der Waals surface area contributed by atoms with Gasteiger partial charge < -0.3 is 14.4 Å². The zero-order valence-electron chi connectivity index (χ0n) is 13.1. The van der Waals surface area contributed by atoms with Gasteiger partial charge in [0.05, 0.1) is 11.1 Å².